The molecule has 0 aliphatic carbocycles. The van der Waals surface area contributed by atoms with Gasteiger partial charge in [0, 0.05) is 31.6 Å². The number of benzene rings is 1. The van der Waals surface area contributed by atoms with Crippen LogP contribution in [0.25, 0.3) is 0 Å². The number of hydrogen-bond acceptors (Lipinski definition) is 4. The van der Waals surface area contributed by atoms with E-state index in [1.807, 2.05) is 4.90 Å². The number of fused-ring (bicyclic) bond motifs is 1. The molecule has 6 heteroatoms. The number of hydrogen-bond donors (Lipinski definition) is 0. The van der Waals surface area contributed by atoms with E-state index < -0.39 is 0 Å². The predicted octanol–water partition coefficient (Wildman–Crippen LogP) is 3.04. The van der Waals surface area contributed by atoms with E-state index in [0.717, 1.165) is 25.9 Å². The van der Waals surface area contributed by atoms with Crippen LogP contribution in [0.15, 0.2) is 18.2 Å². The number of ketones is 1. The van der Waals surface area contributed by atoms with Crippen LogP contribution >= 0.6 is 0 Å². The summed E-state index contributed by atoms with van der Waals surface area (Å²) in [7, 11) is 0. The van der Waals surface area contributed by atoms with Gasteiger partial charge in [-0.15, -0.1) is 0 Å². The van der Waals surface area contributed by atoms with E-state index >= 15 is 0 Å². The highest BCUT2D eigenvalue weighted by Crippen LogP contribution is 2.33. The number of nitrogens with zero attached hydrogens (tertiary/aromatic N) is 2. The number of carbonyl (C=O) groups excluding carboxylic acids is 3. The van der Waals surface area contributed by atoms with E-state index in [2.05, 4.69) is 13.8 Å². The lowest BCUT2D eigenvalue weighted by atomic mass is 10.1. The maximum Gasteiger partial charge on any atom is 0.265 e. The van der Waals surface area contributed by atoms with Gasteiger partial charge in [0.1, 0.15) is 5.75 Å². The minimum absolute atomic E-state index is 0.0157. The van der Waals surface area contributed by atoms with Gasteiger partial charge in [-0.1, -0.05) is 13.8 Å². The molecule has 1 aromatic rings. The lowest BCUT2D eigenvalue weighted by molar-refractivity contribution is -0.131. The molecule has 1 aromatic carbocycles. The van der Waals surface area contributed by atoms with E-state index in [0.29, 0.717) is 36.4 Å². The fourth-order valence-electron chi connectivity index (χ4n) is 3.11. The van der Waals surface area contributed by atoms with Gasteiger partial charge < -0.3 is 14.5 Å². The molecule has 0 radical (unpaired) electrons. The molecule has 0 saturated heterocycles. The van der Waals surface area contributed by atoms with Crippen LogP contribution in [0.1, 0.15) is 56.8 Å². The van der Waals surface area contributed by atoms with Crippen molar-refractivity contribution in [3.8, 4) is 5.75 Å². The quantitative estimate of drug-likeness (QED) is 0.635. The maximum absolute atomic E-state index is 12.4. The number of anilines is 1. The first-order valence-electron chi connectivity index (χ1n) is 9.33. The van der Waals surface area contributed by atoms with Crippen LogP contribution in [0.5, 0.6) is 5.75 Å². The fraction of sp³-hybridized carbons (Fsp3) is 0.550. The molecule has 0 saturated carbocycles. The Morgan fingerprint density at radius 3 is 2.50 bits per heavy atom. The average Bonchev–Trinajstić information content (AvgIpc) is 2.62. The molecule has 0 bridgehead atoms. The Hall–Kier alpha value is -2.37. The molecule has 1 heterocycles. The second kappa shape index (κ2) is 9.36. The Kier molecular flexibility index (Phi) is 7.18. The lowest BCUT2D eigenvalue weighted by Gasteiger charge is -2.30. The van der Waals surface area contributed by atoms with Gasteiger partial charge in [-0.05, 0) is 44.4 Å². The van der Waals surface area contributed by atoms with Crippen molar-refractivity contribution in [2.75, 3.05) is 31.1 Å². The van der Waals surface area contributed by atoms with Crippen LogP contribution in [0.2, 0.25) is 0 Å². The highest BCUT2D eigenvalue weighted by Gasteiger charge is 2.26. The first kappa shape index (κ1) is 19.9. The van der Waals surface area contributed by atoms with Gasteiger partial charge in [0.05, 0.1) is 5.69 Å². The van der Waals surface area contributed by atoms with Crippen molar-refractivity contribution >= 4 is 23.3 Å². The molecule has 1 aliphatic heterocycles. The van der Waals surface area contributed by atoms with Crippen LogP contribution in [0, 0.1) is 0 Å². The number of ether oxygens (including phenoxy) is 1. The Labute approximate surface area is 155 Å². The molecule has 2 amide bonds. The molecule has 1 aliphatic rings. The third-order valence-corrected chi connectivity index (χ3v) is 4.42. The van der Waals surface area contributed by atoms with Gasteiger partial charge >= 0.3 is 0 Å². The van der Waals surface area contributed by atoms with Gasteiger partial charge in [-0.2, -0.15) is 0 Å². The van der Waals surface area contributed by atoms with Gasteiger partial charge in [-0.25, -0.2) is 0 Å². The molecule has 0 atom stereocenters. The Morgan fingerprint density at radius 2 is 1.88 bits per heavy atom. The molecule has 0 aromatic heterocycles. The summed E-state index contributed by atoms with van der Waals surface area (Å²) in [6.45, 7) is 7.58. The summed E-state index contributed by atoms with van der Waals surface area (Å²) in [5, 5.41) is 0. The minimum Gasteiger partial charge on any atom is -0.482 e. The third-order valence-electron chi connectivity index (χ3n) is 4.42. The summed E-state index contributed by atoms with van der Waals surface area (Å²) in [6, 6.07) is 5.12. The molecule has 0 N–H and O–H groups in total. The summed E-state index contributed by atoms with van der Waals surface area (Å²) >= 11 is 0. The molecule has 142 valence electrons. The Morgan fingerprint density at radius 1 is 1.19 bits per heavy atom. The molecule has 26 heavy (non-hydrogen) atoms. The molecule has 6 nitrogen and oxygen atoms in total. The van der Waals surface area contributed by atoms with Crippen molar-refractivity contribution < 1.29 is 19.1 Å². The molecular weight excluding hydrogens is 332 g/mol. The van der Waals surface area contributed by atoms with Crippen molar-refractivity contribution in [2.45, 2.75) is 46.5 Å². The van der Waals surface area contributed by atoms with Crippen molar-refractivity contribution in [1.29, 1.82) is 0 Å². The normalized spacial score (nSPS) is 13.2. The molecule has 0 unspecified atom stereocenters. The van der Waals surface area contributed by atoms with Crippen LogP contribution in [-0.4, -0.2) is 48.7 Å². The SMILES string of the molecule is CCCN(CCC)C(=O)CCCN1C(=O)COc2ccc(C(C)=O)cc21. The summed E-state index contributed by atoms with van der Waals surface area (Å²) in [4.78, 5) is 39.8. The smallest absolute Gasteiger partial charge is 0.265 e. The van der Waals surface area contributed by atoms with Crippen LogP contribution < -0.4 is 9.64 Å². The Balaban J connectivity index is 2.03. The summed E-state index contributed by atoms with van der Waals surface area (Å²) in [6.07, 6.45) is 2.87. The number of rotatable bonds is 9. The van der Waals surface area contributed by atoms with Crippen molar-refractivity contribution in [2.24, 2.45) is 0 Å². The predicted molar refractivity (Wildman–Crippen MR) is 101 cm³/mol. The highest BCUT2D eigenvalue weighted by atomic mass is 16.5. The topological polar surface area (TPSA) is 66.9 Å². The first-order valence-corrected chi connectivity index (χ1v) is 9.33. The van der Waals surface area contributed by atoms with E-state index in [1.54, 1.807) is 23.1 Å². The molecule has 2 rings (SSSR count). The summed E-state index contributed by atoms with van der Waals surface area (Å²) < 4.78 is 5.45. The summed E-state index contributed by atoms with van der Waals surface area (Å²) in [5.41, 5.74) is 1.15. The standard InChI is InChI=1S/C20H28N2O4/c1-4-10-21(11-5-2)19(24)7-6-12-22-17-13-16(15(3)23)8-9-18(17)26-14-20(22)25/h8-9,13H,4-7,10-12,14H2,1-3H3. The van der Waals surface area contributed by atoms with E-state index in [9.17, 15) is 14.4 Å². The monoisotopic (exact) mass is 360 g/mol. The van der Waals surface area contributed by atoms with Crippen molar-refractivity contribution in [3.63, 3.8) is 0 Å². The third kappa shape index (κ3) is 4.84. The Bertz CT molecular complexity index is 666. The first-order chi connectivity index (χ1) is 12.5. The zero-order chi connectivity index (χ0) is 19.1. The maximum atomic E-state index is 12.4. The van der Waals surface area contributed by atoms with Gasteiger partial charge in [-0.3, -0.25) is 14.4 Å². The average molecular weight is 360 g/mol. The van der Waals surface area contributed by atoms with E-state index in [4.69, 9.17) is 4.74 Å². The van der Waals surface area contributed by atoms with Gasteiger partial charge in [0.2, 0.25) is 5.91 Å². The second-order valence-corrected chi connectivity index (χ2v) is 6.56. The van der Waals surface area contributed by atoms with E-state index in [-0.39, 0.29) is 24.2 Å². The number of amides is 2. The van der Waals surface area contributed by atoms with Crippen molar-refractivity contribution in [1.82, 2.24) is 4.90 Å². The minimum atomic E-state index is -0.148. The fourth-order valence-corrected chi connectivity index (χ4v) is 3.11. The van der Waals surface area contributed by atoms with Gasteiger partial charge in [0.25, 0.3) is 5.91 Å². The zero-order valence-electron chi connectivity index (χ0n) is 15.9. The van der Waals surface area contributed by atoms with E-state index in [1.165, 1.54) is 6.92 Å². The van der Waals surface area contributed by atoms with Gasteiger partial charge in [0.15, 0.2) is 12.4 Å². The number of carbonyl (C=O) groups is 3. The van der Waals surface area contributed by atoms with Crippen molar-refractivity contribution in [3.05, 3.63) is 23.8 Å². The molecule has 0 fully saturated rings. The van der Waals surface area contributed by atoms with Crippen LogP contribution in [0.4, 0.5) is 5.69 Å². The molecular formula is C20H28N2O4. The second-order valence-electron chi connectivity index (χ2n) is 6.56. The summed E-state index contributed by atoms with van der Waals surface area (Å²) in [5.74, 6) is 0.520. The zero-order valence-corrected chi connectivity index (χ0v) is 15.9. The largest absolute Gasteiger partial charge is 0.482 e. The molecule has 0 spiro atoms. The highest BCUT2D eigenvalue weighted by molar-refractivity contribution is 6.01. The lowest BCUT2D eigenvalue weighted by Crippen LogP contribution is -2.40. The van der Waals surface area contributed by atoms with Crippen LogP contribution in [0.3, 0.4) is 0 Å². The van der Waals surface area contributed by atoms with Crippen LogP contribution in [-0.2, 0) is 9.59 Å². The number of Topliss-reactive ketones (excluding diaryl/α,β-unsaturated/α-hetero) is 1.